The first-order chi connectivity index (χ1) is 13.7. The van der Waals surface area contributed by atoms with Gasteiger partial charge >= 0.3 is 5.97 Å². The molecule has 1 aromatic carbocycles. The first kappa shape index (κ1) is 20.2. The molecular weight excluding hydrogens is 397 g/mol. The lowest BCUT2D eigenvalue weighted by Crippen LogP contribution is -2.49. The van der Waals surface area contributed by atoms with E-state index in [0.29, 0.717) is 30.5 Å². The molecule has 0 radical (unpaired) electrons. The smallest absolute Gasteiger partial charge is 0.351 e. The van der Waals surface area contributed by atoms with Crippen molar-refractivity contribution in [3.8, 4) is 0 Å². The zero-order valence-corrected chi connectivity index (χ0v) is 17.7. The normalized spacial score (nSPS) is 21.8. The molecule has 0 N–H and O–H groups in total. The number of carbonyl (C=O) groups is 1. The highest BCUT2D eigenvalue weighted by molar-refractivity contribution is 7.96. The van der Waals surface area contributed by atoms with Gasteiger partial charge in [-0.2, -0.15) is 0 Å². The number of ether oxygens (including phenoxy) is 1. The Hall–Kier alpha value is -2.13. The summed E-state index contributed by atoms with van der Waals surface area (Å²) in [6.45, 7) is 7.27. The van der Waals surface area contributed by atoms with Crippen LogP contribution in [0.15, 0.2) is 28.1 Å². The number of hydrogen-bond donors (Lipinski definition) is 0. The van der Waals surface area contributed by atoms with Gasteiger partial charge in [0.2, 0.25) is 9.84 Å². The van der Waals surface area contributed by atoms with Gasteiger partial charge in [-0.15, -0.1) is 0 Å². The van der Waals surface area contributed by atoms with Gasteiger partial charge < -0.3 is 14.5 Å². The zero-order valence-electron chi connectivity index (χ0n) is 16.9. The maximum Gasteiger partial charge on any atom is 0.351 e. The highest BCUT2D eigenvalue weighted by atomic mass is 32.2. The molecule has 0 amide bonds. The lowest BCUT2D eigenvalue weighted by molar-refractivity contribution is -0.135. The van der Waals surface area contributed by atoms with Crippen molar-refractivity contribution in [1.29, 1.82) is 0 Å². The van der Waals surface area contributed by atoms with Gasteiger partial charge in [0.25, 0.3) is 0 Å². The molecule has 0 atom stereocenters. The molecule has 7 nitrogen and oxygen atoms in total. The van der Waals surface area contributed by atoms with Gasteiger partial charge in [-0.05, 0) is 38.8 Å². The van der Waals surface area contributed by atoms with E-state index in [4.69, 9.17) is 0 Å². The number of rotatable bonds is 4. The van der Waals surface area contributed by atoms with Crippen molar-refractivity contribution in [2.75, 3.05) is 43.1 Å². The Morgan fingerprint density at radius 1 is 1.14 bits per heavy atom. The summed E-state index contributed by atoms with van der Waals surface area (Å²) in [6, 6.07) is 3.22. The van der Waals surface area contributed by atoms with Crippen molar-refractivity contribution in [3.05, 3.63) is 29.1 Å². The van der Waals surface area contributed by atoms with Crippen LogP contribution in [0.3, 0.4) is 0 Å². The molecular formula is C20H26FN3O4S. The van der Waals surface area contributed by atoms with Gasteiger partial charge in [-0.3, -0.25) is 4.90 Å². The van der Waals surface area contributed by atoms with Gasteiger partial charge in [0.05, 0.1) is 23.4 Å². The van der Waals surface area contributed by atoms with E-state index in [-0.39, 0.29) is 10.9 Å². The quantitative estimate of drug-likeness (QED) is 0.687. The monoisotopic (exact) mass is 423 g/mol. The van der Waals surface area contributed by atoms with Crippen LogP contribution in [0, 0.1) is 5.82 Å². The summed E-state index contributed by atoms with van der Waals surface area (Å²) in [7, 11) is -3.01. The first-order valence-electron chi connectivity index (χ1n) is 9.90. The minimum Gasteiger partial charge on any atom is -0.465 e. The average molecular weight is 424 g/mol. The number of methoxy groups -OCH3 is 1. The van der Waals surface area contributed by atoms with Crippen molar-refractivity contribution in [1.82, 2.24) is 4.90 Å². The molecule has 2 aliphatic heterocycles. The van der Waals surface area contributed by atoms with Crippen molar-refractivity contribution >= 4 is 27.2 Å². The summed E-state index contributed by atoms with van der Waals surface area (Å²) in [6.07, 6.45) is 3.13. The Bertz CT molecular complexity index is 964. The third-order valence-electron chi connectivity index (χ3n) is 5.85. The SMILES string of the molecule is COC(=O)C1=CN(C2CC2)c2cc(N3CCN(C(C)C)CC3)c(F)cc2S1(=O)=O. The lowest BCUT2D eigenvalue weighted by Gasteiger charge is -2.39. The van der Waals surface area contributed by atoms with Crippen LogP contribution < -0.4 is 9.80 Å². The van der Waals surface area contributed by atoms with Crippen LogP contribution in [0.1, 0.15) is 26.7 Å². The molecule has 0 aromatic heterocycles. The molecule has 4 rings (SSSR count). The summed E-state index contributed by atoms with van der Waals surface area (Å²) in [5, 5.41) is 0. The molecule has 29 heavy (non-hydrogen) atoms. The van der Waals surface area contributed by atoms with Crippen molar-refractivity contribution in [3.63, 3.8) is 0 Å². The minimum absolute atomic E-state index is 0.111. The van der Waals surface area contributed by atoms with Crippen molar-refractivity contribution in [2.24, 2.45) is 0 Å². The Balaban J connectivity index is 1.74. The summed E-state index contributed by atoms with van der Waals surface area (Å²) < 4.78 is 45.6. The molecule has 1 aromatic rings. The van der Waals surface area contributed by atoms with E-state index in [9.17, 15) is 13.2 Å². The second kappa shape index (κ2) is 7.28. The molecule has 0 unspecified atom stereocenters. The van der Waals surface area contributed by atoms with Gasteiger partial charge in [-0.25, -0.2) is 17.6 Å². The summed E-state index contributed by atoms with van der Waals surface area (Å²) >= 11 is 0. The summed E-state index contributed by atoms with van der Waals surface area (Å²) in [5.74, 6) is -1.53. The molecule has 0 spiro atoms. The lowest BCUT2D eigenvalue weighted by atomic mass is 10.2. The maximum atomic E-state index is 15.0. The number of esters is 1. The molecule has 3 aliphatic rings. The highest BCUT2D eigenvalue weighted by Crippen LogP contribution is 2.44. The van der Waals surface area contributed by atoms with Crippen LogP contribution in [0.2, 0.25) is 0 Å². The molecule has 1 saturated carbocycles. The number of carbonyl (C=O) groups excluding carboxylic acids is 1. The van der Waals surface area contributed by atoms with Crippen LogP contribution in [-0.4, -0.2) is 64.7 Å². The molecule has 158 valence electrons. The predicted molar refractivity (Wildman–Crippen MR) is 108 cm³/mol. The van der Waals surface area contributed by atoms with Crippen LogP contribution in [0.4, 0.5) is 15.8 Å². The number of anilines is 2. The number of halogens is 1. The largest absolute Gasteiger partial charge is 0.465 e. The van der Waals surface area contributed by atoms with E-state index in [2.05, 4.69) is 23.5 Å². The van der Waals surface area contributed by atoms with E-state index in [0.717, 1.165) is 39.1 Å². The van der Waals surface area contributed by atoms with E-state index in [1.807, 2.05) is 4.90 Å². The fourth-order valence-electron chi connectivity index (χ4n) is 3.97. The van der Waals surface area contributed by atoms with Crippen molar-refractivity contribution in [2.45, 2.75) is 43.7 Å². The van der Waals surface area contributed by atoms with Crippen LogP contribution in [0.5, 0.6) is 0 Å². The summed E-state index contributed by atoms with van der Waals surface area (Å²) in [4.78, 5) is 17.5. The molecule has 2 heterocycles. The molecule has 1 aliphatic carbocycles. The van der Waals surface area contributed by atoms with E-state index in [1.54, 1.807) is 11.0 Å². The van der Waals surface area contributed by atoms with Gasteiger partial charge in [-0.1, -0.05) is 0 Å². The maximum absolute atomic E-state index is 15.0. The van der Waals surface area contributed by atoms with E-state index < -0.39 is 26.5 Å². The highest BCUT2D eigenvalue weighted by Gasteiger charge is 2.41. The topological polar surface area (TPSA) is 70.2 Å². The Morgan fingerprint density at radius 2 is 1.79 bits per heavy atom. The fourth-order valence-corrected chi connectivity index (χ4v) is 5.46. The number of piperazine rings is 1. The number of fused-ring (bicyclic) bond motifs is 1. The van der Waals surface area contributed by atoms with Crippen LogP contribution in [0.25, 0.3) is 0 Å². The number of sulfone groups is 1. The standard InChI is InChI=1S/C20H26FN3O4S/c1-13(2)22-6-8-23(9-7-22)16-11-17-18(10-15(16)21)29(26,27)19(20(25)28-3)12-24(17)14-4-5-14/h10-14H,4-9H2,1-3H3. The van der Waals surface area contributed by atoms with E-state index >= 15 is 4.39 Å². The molecule has 9 heteroatoms. The second-order valence-corrected chi connectivity index (χ2v) is 9.90. The van der Waals surface area contributed by atoms with Gasteiger partial charge in [0.1, 0.15) is 5.82 Å². The third-order valence-corrected chi connectivity index (χ3v) is 7.61. The summed E-state index contributed by atoms with van der Waals surface area (Å²) in [5.41, 5.74) is 0.839. The Labute approximate surface area is 170 Å². The molecule has 0 bridgehead atoms. The predicted octanol–water partition coefficient (Wildman–Crippen LogP) is 2.13. The first-order valence-corrected chi connectivity index (χ1v) is 11.4. The molecule has 1 saturated heterocycles. The van der Waals surface area contributed by atoms with Crippen LogP contribution in [-0.2, 0) is 19.4 Å². The Kier molecular flexibility index (Phi) is 5.06. The number of nitrogens with zero attached hydrogens (tertiary/aromatic N) is 3. The fraction of sp³-hybridized carbons (Fsp3) is 0.550. The van der Waals surface area contributed by atoms with Gasteiger partial charge in [0, 0.05) is 44.5 Å². The number of benzene rings is 1. The number of hydrogen-bond acceptors (Lipinski definition) is 7. The third kappa shape index (κ3) is 3.50. The Morgan fingerprint density at radius 3 is 2.34 bits per heavy atom. The zero-order chi connectivity index (χ0) is 20.9. The van der Waals surface area contributed by atoms with Crippen molar-refractivity contribution < 1.29 is 22.3 Å². The second-order valence-electron chi connectivity index (χ2n) is 8.01. The molecule has 2 fully saturated rings. The van der Waals surface area contributed by atoms with Gasteiger partial charge in [0.15, 0.2) is 4.91 Å². The average Bonchev–Trinajstić information content (AvgIpc) is 3.53. The minimum atomic E-state index is -4.14. The van der Waals surface area contributed by atoms with Crippen LogP contribution >= 0.6 is 0 Å². The van der Waals surface area contributed by atoms with E-state index in [1.165, 1.54) is 6.20 Å².